The van der Waals surface area contributed by atoms with Gasteiger partial charge in [0.15, 0.2) is 0 Å². The Kier molecular flexibility index (Phi) is 5.24. The summed E-state index contributed by atoms with van der Waals surface area (Å²) in [7, 11) is 2.15. The number of hydrogen-bond acceptors (Lipinski definition) is 3. The van der Waals surface area contributed by atoms with Crippen molar-refractivity contribution in [1.82, 2.24) is 10.2 Å². The van der Waals surface area contributed by atoms with Crippen molar-refractivity contribution in [3.63, 3.8) is 0 Å². The molecule has 1 saturated heterocycles. The molecule has 0 aromatic heterocycles. The SMILES string of the molecule is CNC1CC(C)CC(C)C1CN1CCSC(C)(C)C1. The van der Waals surface area contributed by atoms with Crippen molar-refractivity contribution in [2.75, 3.05) is 32.4 Å². The molecule has 2 aliphatic rings. The maximum atomic E-state index is 3.59. The molecule has 0 bridgehead atoms. The number of rotatable bonds is 3. The van der Waals surface area contributed by atoms with Gasteiger partial charge in [-0.1, -0.05) is 13.8 Å². The summed E-state index contributed by atoms with van der Waals surface area (Å²) in [5.41, 5.74) is 0. The summed E-state index contributed by atoms with van der Waals surface area (Å²) in [5.74, 6) is 3.88. The third-order valence-electron chi connectivity index (χ3n) is 5.02. The van der Waals surface area contributed by atoms with Gasteiger partial charge in [0.05, 0.1) is 0 Å². The molecule has 3 heteroatoms. The van der Waals surface area contributed by atoms with Crippen molar-refractivity contribution < 1.29 is 0 Å². The van der Waals surface area contributed by atoms with Crippen molar-refractivity contribution in [1.29, 1.82) is 0 Å². The molecule has 0 radical (unpaired) electrons. The molecule has 0 amide bonds. The first-order valence-corrected chi connectivity index (χ1v) is 8.93. The van der Waals surface area contributed by atoms with E-state index in [1.807, 2.05) is 0 Å². The quantitative estimate of drug-likeness (QED) is 0.857. The highest BCUT2D eigenvalue weighted by Gasteiger charge is 2.36. The van der Waals surface area contributed by atoms with Gasteiger partial charge in [-0.3, -0.25) is 0 Å². The number of hydrogen-bond donors (Lipinski definition) is 1. The third-order valence-corrected chi connectivity index (χ3v) is 6.32. The van der Waals surface area contributed by atoms with Gasteiger partial charge in [-0.25, -0.2) is 0 Å². The maximum absolute atomic E-state index is 3.59. The number of thioether (sulfide) groups is 1. The van der Waals surface area contributed by atoms with Crippen LogP contribution in [-0.4, -0.2) is 48.1 Å². The predicted molar refractivity (Wildman–Crippen MR) is 86.9 cm³/mol. The Morgan fingerprint density at radius 3 is 2.63 bits per heavy atom. The summed E-state index contributed by atoms with van der Waals surface area (Å²) >= 11 is 2.14. The number of nitrogens with zero attached hydrogens (tertiary/aromatic N) is 1. The van der Waals surface area contributed by atoms with Crippen LogP contribution in [0.3, 0.4) is 0 Å². The highest BCUT2D eigenvalue weighted by molar-refractivity contribution is 8.00. The fourth-order valence-corrected chi connectivity index (χ4v) is 5.29. The molecule has 1 aliphatic carbocycles. The van der Waals surface area contributed by atoms with Crippen LogP contribution >= 0.6 is 11.8 Å². The molecular formula is C16H32N2S. The first-order chi connectivity index (χ1) is 8.91. The van der Waals surface area contributed by atoms with Gasteiger partial charge >= 0.3 is 0 Å². The average Bonchev–Trinajstić information content (AvgIpc) is 2.31. The monoisotopic (exact) mass is 284 g/mol. The first-order valence-electron chi connectivity index (χ1n) is 7.95. The lowest BCUT2D eigenvalue weighted by molar-refractivity contribution is 0.102. The summed E-state index contributed by atoms with van der Waals surface area (Å²) in [4.78, 5) is 2.72. The van der Waals surface area contributed by atoms with Gasteiger partial charge in [-0.2, -0.15) is 11.8 Å². The van der Waals surface area contributed by atoms with E-state index < -0.39 is 0 Å². The van der Waals surface area contributed by atoms with Gasteiger partial charge in [0.2, 0.25) is 0 Å². The van der Waals surface area contributed by atoms with Crippen LogP contribution in [0.2, 0.25) is 0 Å². The van der Waals surface area contributed by atoms with Crippen LogP contribution in [0, 0.1) is 17.8 Å². The van der Waals surface area contributed by atoms with Crippen molar-refractivity contribution in [2.45, 2.75) is 51.3 Å². The highest BCUT2D eigenvalue weighted by Crippen LogP contribution is 2.36. The predicted octanol–water partition coefficient (Wildman–Crippen LogP) is 3.08. The molecular weight excluding hydrogens is 252 g/mol. The molecule has 2 fully saturated rings. The van der Waals surface area contributed by atoms with E-state index in [1.165, 1.54) is 38.2 Å². The normalized spacial score (nSPS) is 40.3. The van der Waals surface area contributed by atoms with Crippen LogP contribution in [0.25, 0.3) is 0 Å². The van der Waals surface area contributed by atoms with Crippen LogP contribution in [0.4, 0.5) is 0 Å². The van der Waals surface area contributed by atoms with Crippen LogP contribution < -0.4 is 5.32 Å². The smallest absolute Gasteiger partial charge is 0.0231 e. The van der Waals surface area contributed by atoms with E-state index in [1.54, 1.807) is 0 Å². The van der Waals surface area contributed by atoms with Crippen molar-refractivity contribution in [3.05, 3.63) is 0 Å². The van der Waals surface area contributed by atoms with Crippen LogP contribution in [-0.2, 0) is 0 Å². The second-order valence-corrected chi connectivity index (χ2v) is 9.26. The lowest BCUT2D eigenvalue weighted by Crippen LogP contribution is -2.51. The summed E-state index contributed by atoms with van der Waals surface area (Å²) in [6, 6.07) is 0.719. The molecule has 112 valence electrons. The van der Waals surface area contributed by atoms with E-state index in [-0.39, 0.29) is 0 Å². The van der Waals surface area contributed by atoms with Gasteiger partial charge in [0.25, 0.3) is 0 Å². The van der Waals surface area contributed by atoms with E-state index in [9.17, 15) is 0 Å². The Morgan fingerprint density at radius 1 is 1.26 bits per heavy atom. The molecule has 4 atom stereocenters. The largest absolute Gasteiger partial charge is 0.317 e. The maximum Gasteiger partial charge on any atom is 0.0231 e. The minimum Gasteiger partial charge on any atom is -0.317 e. The van der Waals surface area contributed by atoms with Gasteiger partial charge < -0.3 is 10.2 Å². The van der Waals surface area contributed by atoms with E-state index in [2.05, 4.69) is 56.7 Å². The topological polar surface area (TPSA) is 15.3 Å². The van der Waals surface area contributed by atoms with Gasteiger partial charge in [0, 0.05) is 36.2 Å². The highest BCUT2D eigenvalue weighted by atomic mass is 32.2. The van der Waals surface area contributed by atoms with E-state index >= 15 is 0 Å². The molecule has 1 saturated carbocycles. The zero-order valence-corrected chi connectivity index (χ0v) is 14.2. The summed E-state index contributed by atoms with van der Waals surface area (Å²) in [5, 5.41) is 3.59. The van der Waals surface area contributed by atoms with E-state index in [4.69, 9.17) is 0 Å². The fourth-order valence-electron chi connectivity index (χ4n) is 4.12. The Labute approximate surface area is 124 Å². The molecule has 1 N–H and O–H groups in total. The van der Waals surface area contributed by atoms with Gasteiger partial charge in [-0.15, -0.1) is 0 Å². The molecule has 0 aromatic rings. The van der Waals surface area contributed by atoms with Crippen molar-refractivity contribution >= 4 is 11.8 Å². The van der Waals surface area contributed by atoms with Crippen LogP contribution in [0.1, 0.15) is 40.5 Å². The minimum atomic E-state index is 0.443. The lowest BCUT2D eigenvalue weighted by atomic mass is 9.72. The molecule has 4 unspecified atom stereocenters. The molecule has 19 heavy (non-hydrogen) atoms. The Bertz CT molecular complexity index is 292. The molecule has 0 spiro atoms. The van der Waals surface area contributed by atoms with Crippen LogP contribution in [0.5, 0.6) is 0 Å². The summed E-state index contributed by atoms with van der Waals surface area (Å²) < 4.78 is 0.443. The fraction of sp³-hybridized carbons (Fsp3) is 1.00. The molecule has 2 rings (SSSR count). The lowest BCUT2D eigenvalue weighted by Gasteiger charge is -2.45. The molecule has 0 aromatic carbocycles. The Morgan fingerprint density at radius 2 is 2.00 bits per heavy atom. The van der Waals surface area contributed by atoms with E-state index in [0.717, 1.165) is 23.8 Å². The van der Waals surface area contributed by atoms with Gasteiger partial charge in [-0.05, 0) is 51.5 Å². The Balaban J connectivity index is 1.96. The molecule has 1 heterocycles. The molecule has 1 aliphatic heterocycles. The summed E-state index contributed by atoms with van der Waals surface area (Å²) in [6.07, 6.45) is 2.77. The number of nitrogens with one attached hydrogen (secondary N) is 1. The zero-order valence-electron chi connectivity index (χ0n) is 13.4. The van der Waals surface area contributed by atoms with Crippen molar-refractivity contribution in [3.8, 4) is 0 Å². The minimum absolute atomic E-state index is 0.443. The second kappa shape index (κ2) is 6.36. The molecule has 2 nitrogen and oxygen atoms in total. The summed E-state index contributed by atoms with van der Waals surface area (Å²) in [6.45, 7) is 13.5. The Hall–Kier alpha value is 0.270. The van der Waals surface area contributed by atoms with Gasteiger partial charge in [0.1, 0.15) is 0 Å². The average molecular weight is 285 g/mol. The van der Waals surface area contributed by atoms with Crippen LogP contribution in [0.15, 0.2) is 0 Å². The zero-order chi connectivity index (χ0) is 14.0. The standard InChI is InChI=1S/C16H32N2S/c1-12-8-13(2)14(15(9-12)17-5)10-18-6-7-19-16(3,4)11-18/h12-15,17H,6-11H2,1-5H3. The van der Waals surface area contributed by atoms with E-state index in [0.29, 0.717) is 4.75 Å². The third kappa shape index (κ3) is 4.12. The first kappa shape index (κ1) is 15.7. The van der Waals surface area contributed by atoms with Crippen molar-refractivity contribution in [2.24, 2.45) is 17.8 Å². The second-order valence-electron chi connectivity index (χ2n) is 7.46.